The summed E-state index contributed by atoms with van der Waals surface area (Å²) in [6, 6.07) is 11.7. The van der Waals surface area contributed by atoms with Crippen LogP contribution in [0.3, 0.4) is 0 Å². The van der Waals surface area contributed by atoms with E-state index in [1.165, 1.54) is 35.2 Å². The molecule has 3 aromatic rings. The van der Waals surface area contributed by atoms with Crippen molar-refractivity contribution in [3.63, 3.8) is 0 Å². The summed E-state index contributed by atoms with van der Waals surface area (Å²) >= 11 is 2.64. The SMILES string of the molecule is O=C(CSc1ccc([N+](=O)[O-])cc1)Nc1nc(-c2ccc3c(c2)OCCO3)cs1. The van der Waals surface area contributed by atoms with Crippen molar-refractivity contribution in [2.75, 3.05) is 24.3 Å². The summed E-state index contributed by atoms with van der Waals surface area (Å²) in [5, 5.41) is 15.8. The molecule has 1 amide bonds. The number of ether oxygens (including phenoxy) is 2. The highest BCUT2D eigenvalue weighted by Crippen LogP contribution is 2.35. The van der Waals surface area contributed by atoms with E-state index in [4.69, 9.17) is 9.47 Å². The second-order valence-corrected chi connectivity index (χ2v) is 7.89. The predicted molar refractivity (Wildman–Crippen MR) is 111 cm³/mol. The van der Waals surface area contributed by atoms with Gasteiger partial charge in [-0.15, -0.1) is 23.1 Å². The van der Waals surface area contributed by atoms with Gasteiger partial charge in [-0.3, -0.25) is 14.9 Å². The number of rotatable bonds is 6. The van der Waals surface area contributed by atoms with E-state index in [1.807, 2.05) is 23.6 Å². The summed E-state index contributed by atoms with van der Waals surface area (Å²) in [6.45, 7) is 1.05. The van der Waals surface area contributed by atoms with Gasteiger partial charge in [0.25, 0.3) is 5.69 Å². The Morgan fingerprint density at radius 2 is 1.93 bits per heavy atom. The van der Waals surface area contributed by atoms with Crippen LogP contribution in [0.1, 0.15) is 0 Å². The summed E-state index contributed by atoms with van der Waals surface area (Å²) in [7, 11) is 0. The number of hydrogen-bond acceptors (Lipinski definition) is 8. The van der Waals surface area contributed by atoms with Crippen molar-refractivity contribution in [1.82, 2.24) is 4.98 Å². The molecule has 148 valence electrons. The zero-order chi connectivity index (χ0) is 20.2. The van der Waals surface area contributed by atoms with Crippen LogP contribution in [0.2, 0.25) is 0 Å². The molecule has 0 spiro atoms. The van der Waals surface area contributed by atoms with Crippen LogP contribution >= 0.6 is 23.1 Å². The van der Waals surface area contributed by atoms with Crippen LogP contribution in [0, 0.1) is 10.1 Å². The maximum Gasteiger partial charge on any atom is 0.269 e. The second kappa shape index (κ2) is 8.50. The van der Waals surface area contributed by atoms with Gasteiger partial charge in [0.05, 0.1) is 16.4 Å². The normalized spacial score (nSPS) is 12.4. The van der Waals surface area contributed by atoms with Gasteiger partial charge in [-0.1, -0.05) is 0 Å². The molecule has 2 heterocycles. The third kappa shape index (κ3) is 4.66. The largest absolute Gasteiger partial charge is 0.486 e. The molecule has 8 nitrogen and oxygen atoms in total. The minimum absolute atomic E-state index is 0.0215. The molecule has 2 aromatic carbocycles. The second-order valence-electron chi connectivity index (χ2n) is 5.98. The number of thioether (sulfide) groups is 1. The molecule has 10 heteroatoms. The van der Waals surface area contributed by atoms with E-state index < -0.39 is 4.92 Å². The van der Waals surface area contributed by atoms with E-state index in [-0.39, 0.29) is 17.3 Å². The van der Waals surface area contributed by atoms with Crippen LogP contribution in [0.5, 0.6) is 11.5 Å². The highest BCUT2D eigenvalue weighted by molar-refractivity contribution is 8.00. The lowest BCUT2D eigenvalue weighted by molar-refractivity contribution is -0.384. The first-order valence-electron chi connectivity index (χ1n) is 8.61. The van der Waals surface area contributed by atoms with Crippen LogP contribution in [0.25, 0.3) is 11.3 Å². The fourth-order valence-electron chi connectivity index (χ4n) is 2.63. The van der Waals surface area contributed by atoms with Gasteiger partial charge in [0.15, 0.2) is 16.6 Å². The van der Waals surface area contributed by atoms with E-state index in [0.717, 1.165) is 16.2 Å². The standard InChI is InChI=1S/C19H15N3O5S2/c23-18(11-28-14-4-2-13(3-5-14)22(24)25)21-19-20-15(10-29-19)12-1-6-16-17(9-12)27-8-7-26-16/h1-6,9-10H,7-8,11H2,(H,20,21,23). The lowest BCUT2D eigenvalue weighted by Gasteiger charge is -2.18. The Hall–Kier alpha value is -3.11. The van der Waals surface area contributed by atoms with Crippen LogP contribution in [-0.2, 0) is 4.79 Å². The first-order chi connectivity index (χ1) is 14.1. The zero-order valence-electron chi connectivity index (χ0n) is 15.0. The number of nitrogens with zero attached hydrogens (tertiary/aromatic N) is 2. The molecule has 29 heavy (non-hydrogen) atoms. The summed E-state index contributed by atoms with van der Waals surface area (Å²) < 4.78 is 11.1. The van der Waals surface area contributed by atoms with Crippen LogP contribution in [-0.4, -0.2) is 34.8 Å². The van der Waals surface area contributed by atoms with Crippen molar-refractivity contribution in [3.05, 3.63) is 58.0 Å². The maximum atomic E-state index is 12.2. The number of non-ortho nitro benzene ring substituents is 1. The molecule has 0 aliphatic carbocycles. The highest BCUT2D eigenvalue weighted by Gasteiger charge is 2.14. The Morgan fingerprint density at radius 3 is 2.69 bits per heavy atom. The van der Waals surface area contributed by atoms with Crippen molar-refractivity contribution in [1.29, 1.82) is 0 Å². The molecular formula is C19H15N3O5S2. The summed E-state index contributed by atoms with van der Waals surface area (Å²) in [6.07, 6.45) is 0. The quantitative estimate of drug-likeness (QED) is 0.355. The van der Waals surface area contributed by atoms with E-state index in [9.17, 15) is 14.9 Å². The Kier molecular flexibility index (Phi) is 5.63. The van der Waals surface area contributed by atoms with Gasteiger partial charge in [0, 0.05) is 28.0 Å². The van der Waals surface area contributed by atoms with Crippen molar-refractivity contribution in [3.8, 4) is 22.8 Å². The lowest BCUT2D eigenvalue weighted by Crippen LogP contribution is -2.15. The Labute approximate surface area is 174 Å². The maximum absolute atomic E-state index is 12.2. The third-order valence-corrected chi connectivity index (χ3v) is 5.78. The van der Waals surface area contributed by atoms with Gasteiger partial charge in [0.1, 0.15) is 13.2 Å². The van der Waals surface area contributed by atoms with Gasteiger partial charge in [-0.2, -0.15) is 0 Å². The number of anilines is 1. The molecule has 1 aliphatic rings. The van der Waals surface area contributed by atoms with Crippen molar-refractivity contribution >= 4 is 39.8 Å². The van der Waals surface area contributed by atoms with E-state index >= 15 is 0 Å². The van der Waals surface area contributed by atoms with E-state index in [1.54, 1.807) is 12.1 Å². The molecule has 1 aliphatic heterocycles. The van der Waals surface area contributed by atoms with Gasteiger partial charge in [-0.05, 0) is 30.3 Å². The number of nitro groups is 1. The molecule has 0 radical (unpaired) electrons. The molecule has 0 unspecified atom stereocenters. The highest BCUT2D eigenvalue weighted by atomic mass is 32.2. The molecule has 0 fully saturated rings. The van der Waals surface area contributed by atoms with Gasteiger partial charge >= 0.3 is 0 Å². The topological polar surface area (TPSA) is 104 Å². The molecule has 4 rings (SSSR count). The first kappa shape index (κ1) is 19.2. The minimum Gasteiger partial charge on any atom is -0.486 e. The number of fused-ring (bicyclic) bond motifs is 1. The number of hydrogen-bond donors (Lipinski definition) is 1. The molecule has 0 saturated carbocycles. The number of thiazole rings is 1. The van der Waals surface area contributed by atoms with Crippen LogP contribution in [0.4, 0.5) is 10.8 Å². The molecular weight excluding hydrogens is 414 g/mol. The Bertz CT molecular complexity index is 1050. The lowest BCUT2D eigenvalue weighted by atomic mass is 10.1. The summed E-state index contributed by atoms with van der Waals surface area (Å²) in [5.74, 6) is 1.38. The number of benzene rings is 2. The number of carbonyl (C=O) groups excluding carboxylic acids is 1. The first-order valence-corrected chi connectivity index (χ1v) is 10.5. The van der Waals surface area contributed by atoms with Gasteiger partial charge < -0.3 is 14.8 Å². The number of amides is 1. The van der Waals surface area contributed by atoms with Gasteiger partial charge in [-0.25, -0.2) is 4.98 Å². The fourth-order valence-corrected chi connectivity index (χ4v) is 4.07. The Balaban J connectivity index is 1.35. The van der Waals surface area contributed by atoms with Crippen LogP contribution < -0.4 is 14.8 Å². The van der Waals surface area contributed by atoms with Crippen molar-refractivity contribution in [2.24, 2.45) is 0 Å². The molecule has 0 atom stereocenters. The summed E-state index contributed by atoms with van der Waals surface area (Å²) in [5.41, 5.74) is 1.64. The average molecular weight is 429 g/mol. The smallest absolute Gasteiger partial charge is 0.269 e. The zero-order valence-corrected chi connectivity index (χ0v) is 16.6. The van der Waals surface area contributed by atoms with Gasteiger partial charge in [0.2, 0.25) is 5.91 Å². The number of aromatic nitrogens is 1. The van der Waals surface area contributed by atoms with Crippen molar-refractivity contribution < 1.29 is 19.2 Å². The monoisotopic (exact) mass is 429 g/mol. The average Bonchev–Trinajstić information content (AvgIpc) is 3.20. The van der Waals surface area contributed by atoms with E-state index in [2.05, 4.69) is 10.3 Å². The van der Waals surface area contributed by atoms with Crippen molar-refractivity contribution in [2.45, 2.75) is 4.90 Å². The van der Waals surface area contributed by atoms with E-state index in [0.29, 0.717) is 29.8 Å². The minimum atomic E-state index is -0.455. The number of nitro benzene ring substituents is 1. The molecule has 1 N–H and O–H groups in total. The molecule has 0 bridgehead atoms. The number of nitrogens with one attached hydrogen (secondary N) is 1. The van der Waals surface area contributed by atoms with Crippen LogP contribution in [0.15, 0.2) is 52.7 Å². The third-order valence-electron chi connectivity index (χ3n) is 4.01. The Morgan fingerprint density at radius 1 is 1.17 bits per heavy atom. The summed E-state index contributed by atoms with van der Waals surface area (Å²) in [4.78, 5) is 27.6. The number of carbonyl (C=O) groups is 1. The fraction of sp³-hybridized carbons (Fsp3) is 0.158. The predicted octanol–water partition coefficient (Wildman–Crippen LogP) is 4.22. The molecule has 0 saturated heterocycles. The molecule has 1 aromatic heterocycles.